The van der Waals surface area contributed by atoms with E-state index in [-0.39, 0.29) is 6.10 Å². The Balaban J connectivity index is 2.38. The molecule has 0 fully saturated rings. The van der Waals surface area contributed by atoms with Crippen molar-refractivity contribution in [3.63, 3.8) is 0 Å². The maximum atomic E-state index is 5.70. The summed E-state index contributed by atoms with van der Waals surface area (Å²) in [6.07, 6.45) is 0.162. The molecule has 1 heterocycles. The van der Waals surface area contributed by atoms with Gasteiger partial charge in [0.15, 0.2) is 0 Å². The predicted octanol–water partition coefficient (Wildman–Crippen LogP) is 3.28. The van der Waals surface area contributed by atoms with E-state index in [2.05, 4.69) is 15.3 Å². The fourth-order valence-electron chi connectivity index (χ4n) is 1.84. The third-order valence-electron chi connectivity index (χ3n) is 2.60. The molecule has 0 amide bonds. The van der Waals surface area contributed by atoms with Crippen molar-refractivity contribution >= 4 is 5.82 Å². The number of benzene rings is 1. The summed E-state index contributed by atoms with van der Waals surface area (Å²) >= 11 is 0. The van der Waals surface area contributed by atoms with Crippen LogP contribution in [0.1, 0.15) is 19.7 Å². The molecule has 2 aromatic rings. The van der Waals surface area contributed by atoms with Crippen molar-refractivity contribution in [3.05, 3.63) is 36.2 Å². The molecule has 4 nitrogen and oxygen atoms in total. The molecule has 4 heteroatoms. The first-order valence-electron chi connectivity index (χ1n) is 6.39. The Bertz CT molecular complexity index is 567. The molecule has 0 saturated heterocycles. The number of rotatable bonds is 4. The maximum Gasteiger partial charge on any atom is 0.130 e. The number of aromatic nitrogens is 2. The van der Waals surface area contributed by atoms with E-state index >= 15 is 0 Å². The van der Waals surface area contributed by atoms with Crippen molar-refractivity contribution in [3.8, 4) is 17.0 Å². The molecule has 1 N–H and O–H groups in total. The normalized spacial score (nSPS) is 10.6. The number of nitrogens with one attached hydrogen (secondary N) is 1. The van der Waals surface area contributed by atoms with Gasteiger partial charge >= 0.3 is 0 Å². The van der Waals surface area contributed by atoms with Gasteiger partial charge in [-0.05, 0) is 32.9 Å². The Kier molecular flexibility index (Phi) is 4.00. The molecular formula is C15H19N3O. The van der Waals surface area contributed by atoms with Gasteiger partial charge < -0.3 is 10.1 Å². The largest absolute Gasteiger partial charge is 0.491 e. The van der Waals surface area contributed by atoms with Gasteiger partial charge in [-0.3, -0.25) is 0 Å². The Morgan fingerprint density at radius 1 is 1.16 bits per heavy atom. The minimum atomic E-state index is 0.162. The summed E-state index contributed by atoms with van der Waals surface area (Å²) < 4.78 is 5.70. The molecule has 0 aliphatic heterocycles. The van der Waals surface area contributed by atoms with Crippen LogP contribution in [-0.4, -0.2) is 23.1 Å². The van der Waals surface area contributed by atoms with Crippen LogP contribution in [0.4, 0.5) is 5.82 Å². The highest BCUT2D eigenvalue weighted by Crippen LogP contribution is 2.24. The molecule has 0 saturated carbocycles. The fourth-order valence-corrected chi connectivity index (χ4v) is 1.84. The van der Waals surface area contributed by atoms with E-state index in [4.69, 9.17) is 4.74 Å². The van der Waals surface area contributed by atoms with Gasteiger partial charge in [-0.2, -0.15) is 0 Å². The molecule has 0 unspecified atom stereocenters. The molecule has 1 aromatic carbocycles. The molecule has 0 radical (unpaired) electrons. The first kappa shape index (κ1) is 13.3. The number of ether oxygens (including phenoxy) is 1. The van der Waals surface area contributed by atoms with Crippen molar-refractivity contribution in [2.75, 3.05) is 12.4 Å². The predicted molar refractivity (Wildman–Crippen MR) is 77.5 cm³/mol. The van der Waals surface area contributed by atoms with Crippen LogP contribution in [0, 0.1) is 6.92 Å². The number of nitrogens with zero attached hydrogens (tertiary/aromatic N) is 2. The summed E-state index contributed by atoms with van der Waals surface area (Å²) in [6, 6.07) is 9.89. The van der Waals surface area contributed by atoms with E-state index in [1.54, 1.807) is 0 Å². The highest BCUT2D eigenvalue weighted by atomic mass is 16.5. The van der Waals surface area contributed by atoms with Gasteiger partial charge in [0.2, 0.25) is 0 Å². The SMILES string of the molecule is CNc1cc(-c2cccc(OC(C)C)c2)nc(C)n1. The molecule has 0 bridgehead atoms. The van der Waals surface area contributed by atoms with Crippen molar-refractivity contribution < 1.29 is 4.74 Å². The minimum Gasteiger partial charge on any atom is -0.491 e. The number of hydrogen-bond donors (Lipinski definition) is 1. The molecule has 0 spiro atoms. The van der Waals surface area contributed by atoms with Crippen LogP contribution in [-0.2, 0) is 0 Å². The topological polar surface area (TPSA) is 47.0 Å². The van der Waals surface area contributed by atoms with Crippen LogP contribution in [0.5, 0.6) is 5.75 Å². The Hall–Kier alpha value is -2.10. The minimum absolute atomic E-state index is 0.162. The van der Waals surface area contributed by atoms with Crippen LogP contribution in [0.3, 0.4) is 0 Å². The second-order valence-corrected chi connectivity index (χ2v) is 4.63. The average molecular weight is 257 g/mol. The zero-order valence-electron chi connectivity index (χ0n) is 11.8. The van der Waals surface area contributed by atoms with E-state index in [0.29, 0.717) is 0 Å². The molecule has 19 heavy (non-hydrogen) atoms. The zero-order valence-corrected chi connectivity index (χ0v) is 11.8. The Labute approximate surface area is 113 Å². The summed E-state index contributed by atoms with van der Waals surface area (Å²) in [5.41, 5.74) is 1.92. The number of anilines is 1. The van der Waals surface area contributed by atoms with Crippen LogP contribution in [0.25, 0.3) is 11.3 Å². The molecular weight excluding hydrogens is 238 g/mol. The molecule has 2 rings (SSSR count). The van der Waals surface area contributed by atoms with Gasteiger partial charge in [-0.15, -0.1) is 0 Å². The van der Waals surface area contributed by atoms with Crippen LogP contribution < -0.4 is 10.1 Å². The Morgan fingerprint density at radius 2 is 1.95 bits per heavy atom. The van der Waals surface area contributed by atoms with Crippen LogP contribution in [0.15, 0.2) is 30.3 Å². The molecule has 100 valence electrons. The highest BCUT2D eigenvalue weighted by Gasteiger charge is 2.05. The van der Waals surface area contributed by atoms with Crippen molar-refractivity contribution in [2.24, 2.45) is 0 Å². The van der Waals surface area contributed by atoms with E-state index < -0.39 is 0 Å². The summed E-state index contributed by atoms with van der Waals surface area (Å²) in [5.74, 6) is 2.42. The molecule has 0 aliphatic rings. The third kappa shape index (κ3) is 3.44. The zero-order chi connectivity index (χ0) is 13.8. The van der Waals surface area contributed by atoms with Gasteiger partial charge in [-0.1, -0.05) is 12.1 Å². The quantitative estimate of drug-likeness (QED) is 0.913. The van der Waals surface area contributed by atoms with Crippen LogP contribution >= 0.6 is 0 Å². The Morgan fingerprint density at radius 3 is 2.63 bits per heavy atom. The van der Waals surface area contributed by atoms with Gasteiger partial charge in [0.1, 0.15) is 17.4 Å². The van der Waals surface area contributed by atoms with E-state index in [9.17, 15) is 0 Å². The first-order valence-corrected chi connectivity index (χ1v) is 6.39. The number of hydrogen-bond acceptors (Lipinski definition) is 4. The van der Waals surface area contributed by atoms with E-state index in [1.807, 2.05) is 58.2 Å². The lowest BCUT2D eigenvalue weighted by molar-refractivity contribution is 0.242. The smallest absolute Gasteiger partial charge is 0.130 e. The highest BCUT2D eigenvalue weighted by molar-refractivity contribution is 5.64. The summed E-state index contributed by atoms with van der Waals surface area (Å²) in [5, 5.41) is 3.04. The maximum absolute atomic E-state index is 5.70. The second-order valence-electron chi connectivity index (χ2n) is 4.63. The monoisotopic (exact) mass is 257 g/mol. The first-order chi connectivity index (χ1) is 9.08. The lowest BCUT2D eigenvalue weighted by atomic mass is 10.1. The summed E-state index contributed by atoms with van der Waals surface area (Å²) in [7, 11) is 1.85. The molecule has 0 aliphatic carbocycles. The van der Waals surface area contributed by atoms with Gasteiger partial charge in [0, 0.05) is 18.7 Å². The van der Waals surface area contributed by atoms with E-state index in [1.165, 1.54) is 0 Å². The lowest BCUT2D eigenvalue weighted by Crippen LogP contribution is -2.05. The molecule has 0 atom stereocenters. The number of aryl methyl sites for hydroxylation is 1. The van der Waals surface area contributed by atoms with Gasteiger partial charge in [0.05, 0.1) is 11.8 Å². The van der Waals surface area contributed by atoms with E-state index in [0.717, 1.165) is 28.6 Å². The summed E-state index contributed by atoms with van der Waals surface area (Å²) in [6.45, 7) is 5.92. The average Bonchev–Trinajstić information content (AvgIpc) is 2.37. The second kappa shape index (κ2) is 5.69. The van der Waals surface area contributed by atoms with Gasteiger partial charge in [0.25, 0.3) is 0 Å². The van der Waals surface area contributed by atoms with Crippen molar-refractivity contribution in [1.82, 2.24) is 9.97 Å². The molecule has 1 aromatic heterocycles. The lowest BCUT2D eigenvalue weighted by Gasteiger charge is -2.11. The fraction of sp³-hybridized carbons (Fsp3) is 0.333. The van der Waals surface area contributed by atoms with Crippen LogP contribution in [0.2, 0.25) is 0 Å². The third-order valence-corrected chi connectivity index (χ3v) is 2.60. The van der Waals surface area contributed by atoms with Gasteiger partial charge in [-0.25, -0.2) is 9.97 Å². The van der Waals surface area contributed by atoms with Crippen molar-refractivity contribution in [2.45, 2.75) is 26.9 Å². The standard InChI is InChI=1S/C15H19N3O/c1-10(2)19-13-7-5-6-12(8-13)14-9-15(16-4)18-11(3)17-14/h5-10H,1-4H3,(H,16,17,18). The van der Waals surface area contributed by atoms with Crippen molar-refractivity contribution in [1.29, 1.82) is 0 Å². The summed E-state index contributed by atoms with van der Waals surface area (Å²) in [4.78, 5) is 8.76.